The largest absolute Gasteiger partial charge is 0.506 e. The number of carbonyl (C=O) groups is 1. The molecule has 2 aromatic carbocycles. The smallest absolute Gasteiger partial charge is 0.273 e. The molecule has 27 heavy (non-hydrogen) atoms. The Kier molecular flexibility index (Phi) is 7.08. The van der Waals surface area contributed by atoms with Crippen LogP contribution in [0.2, 0.25) is 0 Å². The number of nitro groups is 1. The van der Waals surface area contributed by atoms with Crippen molar-refractivity contribution in [1.82, 2.24) is 5.32 Å². The summed E-state index contributed by atoms with van der Waals surface area (Å²) in [6.45, 7) is 2.56. The van der Waals surface area contributed by atoms with E-state index in [9.17, 15) is 20.0 Å². The molecule has 142 valence electrons. The monoisotopic (exact) mass is 453 g/mol. The first-order valence-electron chi connectivity index (χ1n) is 7.84. The summed E-state index contributed by atoms with van der Waals surface area (Å²) >= 11 is 8.40. The van der Waals surface area contributed by atoms with Crippen LogP contribution in [0.1, 0.15) is 23.7 Å². The number of halogens is 1. The average Bonchev–Trinajstić information content (AvgIpc) is 2.62. The van der Waals surface area contributed by atoms with Gasteiger partial charge in [0.15, 0.2) is 5.11 Å². The zero-order valence-electron chi connectivity index (χ0n) is 14.2. The molecule has 0 aliphatic rings. The molecule has 0 aliphatic heterocycles. The fourth-order valence-corrected chi connectivity index (χ4v) is 2.74. The van der Waals surface area contributed by atoms with Crippen molar-refractivity contribution in [2.75, 3.05) is 11.9 Å². The van der Waals surface area contributed by atoms with Crippen molar-refractivity contribution in [1.29, 1.82) is 0 Å². The Labute approximate surface area is 168 Å². The highest BCUT2D eigenvalue weighted by atomic mass is 79.9. The molecule has 10 heteroatoms. The number of rotatable bonds is 6. The molecule has 0 aliphatic carbocycles. The second-order valence-electron chi connectivity index (χ2n) is 5.36. The zero-order valence-corrected chi connectivity index (χ0v) is 16.6. The Balaban J connectivity index is 2.02. The number of aromatic hydroxyl groups is 1. The zero-order chi connectivity index (χ0) is 20.0. The first kappa shape index (κ1) is 20.6. The van der Waals surface area contributed by atoms with E-state index < -0.39 is 10.8 Å². The molecule has 0 bridgehead atoms. The highest BCUT2D eigenvalue weighted by Gasteiger charge is 2.14. The lowest BCUT2D eigenvalue weighted by Crippen LogP contribution is -2.34. The van der Waals surface area contributed by atoms with Gasteiger partial charge in [-0.25, -0.2) is 0 Å². The van der Waals surface area contributed by atoms with Gasteiger partial charge >= 0.3 is 0 Å². The summed E-state index contributed by atoms with van der Waals surface area (Å²) in [5, 5.41) is 25.5. The van der Waals surface area contributed by atoms with Crippen molar-refractivity contribution in [3.05, 3.63) is 56.5 Å². The van der Waals surface area contributed by atoms with Gasteiger partial charge in [-0.3, -0.25) is 20.2 Å². The maximum absolute atomic E-state index is 12.3. The van der Waals surface area contributed by atoms with Crippen LogP contribution in [0, 0.1) is 10.1 Å². The number of ether oxygens (including phenoxy) is 1. The van der Waals surface area contributed by atoms with Crippen LogP contribution in [0.3, 0.4) is 0 Å². The van der Waals surface area contributed by atoms with E-state index in [-0.39, 0.29) is 22.2 Å². The van der Waals surface area contributed by atoms with Crippen LogP contribution in [-0.4, -0.2) is 27.7 Å². The van der Waals surface area contributed by atoms with E-state index in [1.807, 2.05) is 6.92 Å². The number of benzene rings is 2. The molecule has 1 amide bonds. The molecule has 0 aromatic heterocycles. The predicted molar refractivity (Wildman–Crippen MR) is 108 cm³/mol. The van der Waals surface area contributed by atoms with Crippen LogP contribution >= 0.6 is 28.1 Å². The molecular weight excluding hydrogens is 438 g/mol. The molecule has 0 spiro atoms. The summed E-state index contributed by atoms with van der Waals surface area (Å²) in [5.41, 5.74) is 0.224. The van der Waals surface area contributed by atoms with Gasteiger partial charge in [0.2, 0.25) is 0 Å². The summed E-state index contributed by atoms with van der Waals surface area (Å²) in [5.74, 6) is -0.192. The van der Waals surface area contributed by atoms with Crippen LogP contribution in [0.15, 0.2) is 40.9 Å². The highest BCUT2D eigenvalue weighted by Crippen LogP contribution is 2.28. The van der Waals surface area contributed by atoms with Crippen LogP contribution < -0.4 is 15.4 Å². The number of anilines is 1. The lowest BCUT2D eigenvalue weighted by molar-refractivity contribution is -0.384. The third-order valence-corrected chi connectivity index (χ3v) is 4.15. The number of phenolic OH excluding ortho intramolecular Hbond substituents is 1. The fourth-order valence-electron chi connectivity index (χ4n) is 2.04. The molecule has 0 saturated carbocycles. The van der Waals surface area contributed by atoms with E-state index >= 15 is 0 Å². The summed E-state index contributed by atoms with van der Waals surface area (Å²) < 4.78 is 6.16. The van der Waals surface area contributed by atoms with Gasteiger partial charge in [-0.15, -0.1) is 0 Å². The number of phenols is 1. The SMILES string of the molecule is CCCOc1ccc(C(=O)NC(=S)Nc2ccc([N+](=O)[O-])cc2O)cc1Br. The van der Waals surface area contributed by atoms with E-state index in [4.69, 9.17) is 17.0 Å². The van der Waals surface area contributed by atoms with Crippen LogP contribution in [0.5, 0.6) is 11.5 Å². The van der Waals surface area contributed by atoms with Crippen molar-refractivity contribution >= 4 is 50.5 Å². The third kappa shape index (κ3) is 5.63. The van der Waals surface area contributed by atoms with Gasteiger partial charge in [-0.05, 0) is 58.8 Å². The Morgan fingerprint density at radius 1 is 1.33 bits per heavy atom. The summed E-state index contributed by atoms with van der Waals surface area (Å²) in [4.78, 5) is 22.3. The van der Waals surface area contributed by atoms with Crippen LogP contribution in [0.25, 0.3) is 0 Å². The molecule has 0 fully saturated rings. The molecular formula is C17H16BrN3O5S. The van der Waals surface area contributed by atoms with Gasteiger partial charge in [0.1, 0.15) is 11.5 Å². The molecule has 0 saturated heterocycles. The molecule has 2 rings (SSSR count). The van der Waals surface area contributed by atoms with Crippen molar-refractivity contribution in [2.24, 2.45) is 0 Å². The molecule has 0 radical (unpaired) electrons. The van der Waals surface area contributed by atoms with E-state index in [2.05, 4.69) is 26.6 Å². The van der Waals surface area contributed by atoms with Gasteiger partial charge < -0.3 is 15.2 Å². The Morgan fingerprint density at radius 3 is 2.67 bits per heavy atom. The maximum atomic E-state index is 12.3. The maximum Gasteiger partial charge on any atom is 0.273 e. The number of nitrogens with zero attached hydrogens (tertiary/aromatic N) is 1. The van der Waals surface area contributed by atoms with Gasteiger partial charge in [0.05, 0.1) is 27.8 Å². The second kappa shape index (κ2) is 9.28. The van der Waals surface area contributed by atoms with Crippen LogP contribution in [0.4, 0.5) is 11.4 Å². The van der Waals surface area contributed by atoms with Crippen LogP contribution in [-0.2, 0) is 0 Å². The third-order valence-electron chi connectivity index (χ3n) is 3.32. The number of nitrogens with one attached hydrogen (secondary N) is 2. The van der Waals surface area contributed by atoms with Gasteiger partial charge in [-0.2, -0.15) is 0 Å². The van der Waals surface area contributed by atoms with E-state index in [1.54, 1.807) is 18.2 Å². The normalized spacial score (nSPS) is 10.1. The number of nitro benzene ring substituents is 1. The van der Waals surface area contributed by atoms with E-state index in [0.717, 1.165) is 12.5 Å². The lowest BCUT2D eigenvalue weighted by atomic mass is 10.2. The molecule has 3 N–H and O–H groups in total. The number of thiocarbonyl (C=S) groups is 1. The Morgan fingerprint density at radius 2 is 2.07 bits per heavy atom. The molecule has 0 atom stereocenters. The minimum atomic E-state index is -0.630. The van der Waals surface area contributed by atoms with Gasteiger partial charge in [0.25, 0.3) is 11.6 Å². The molecule has 0 heterocycles. The number of hydrogen-bond donors (Lipinski definition) is 3. The van der Waals surface area contributed by atoms with Crippen molar-refractivity contribution in [3.63, 3.8) is 0 Å². The predicted octanol–water partition coefficient (Wildman–Crippen LogP) is 3.98. The summed E-state index contributed by atoms with van der Waals surface area (Å²) in [6, 6.07) is 8.36. The Bertz CT molecular complexity index is 891. The van der Waals surface area contributed by atoms with E-state index in [0.29, 0.717) is 22.4 Å². The number of amides is 1. The van der Waals surface area contributed by atoms with Crippen molar-refractivity contribution in [2.45, 2.75) is 13.3 Å². The summed E-state index contributed by atoms with van der Waals surface area (Å²) in [6.07, 6.45) is 0.865. The quantitative estimate of drug-likeness (QED) is 0.262. The van der Waals surface area contributed by atoms with Gasteiger partial charge in [-0.1, -0.05) is 6.92 Å². The summed E-state index contributed by atoms with van der Waals surface area (Å²) in [7, 11) is 0. The number of non-ortho nitro benzene ring substituents is 1. The lowest BCUT2D eigenvalue weighted by Gasteiger charge is -2.12. The van der Waals surface area contributed by atoms with Gasteiger partial charge in [0, 0.05) is 11.6 Å². The minimum absolute atomic E-state index is 0.0633. The number of carbonyl (C=O) groups excluding carboxylic acids is 1. The van der Waals surface area contributed by atoms with Crippen molar-refractivity contribution < 1.29 is 19.6 Å². The Hall–Kier alpha value is -2.72. The second-order valence-corrected chi connectivity index (χ2v) is 6.62. The molecule has 8 nitrogen and oxygen atoms in total. The first-order chi connectivity index (χ1) is 12.8. The van der Waals surface area contributed by atoms with Crippen molar-refractivity contribution in [3.8, 4) is 11.5 Å². The fraction of sp³-hybridized carbons (Fsp3) is 0.176. The first-order valence-corrected chi connectivity index (χ1v) is 9.04. The minimum Gasteiger partial charge on any atom is -0.506 e. The molecule has 2 aromatic rings. The standard InChI is InChI=1S/C17H16BrN3O5S/c1-2-7-26-15-6-3-10(8-12(15)18)16(23)20-17(27)19-13-5-4-11(21(24)25)9-14(13)22/h3-6,8-9,22H,2,7H2,1H3,(H2,19,20,23,27). The van der Waals surface area contributed by atoms with E-state index in [1.165, 1.54) is 12.1 Å². The topological polar surface area (TPSA) is 114 Å². The number of hydrogen-bond acceptors (Lipinski definition) is 6. The average molecular weight is 454 g/mol. The highest BCUT2D eigenvalue weighted by molar-refractivity contribution is 9.10. The molecule has 0 unspecified atom stereocenters.